The zero-order chi connectivity index (χ0) is 23.3. The van der Waals surface area contributed by atoms with Crippen LogP contribution >= 0.6 is 0 Å². The van der Waals surface area contributed by atoms with Crippen molar-refractivity contribution in [1.82, 2.24) is 9.55 Å². The van der Waals surface area contributed by atoms with Gasteiger partial charge >= 0.3 is 5.97 Å². The Hall–Kier alpha value is -3.52. The summed E-state index contributed by atoms with van der Waals surface area (Å²) in [6, 6.07) is 7.22. The fourth-order valence-electron chi connectivity index (χ4n) is 4.63. The Bertz CT molecular complexity index is 1380. The maximum Gasteiger partial charge on any atom is 0.343 e. The number of hydrogen-bond acceptors (Lipinski definition) is 7. The molecular weight excluding hydrogens is 422 g/mol. The highest BCUT2D eigenvalue weighted by Gasteiger charge is 2.45. The summed E-state index contributed by atoms with van der Waals surface area (Å²) in [4.78, 5) is 30.6. The van der Waals surface area contributed by atoms with Crippen molar-refractivity contribution in [3.63, 3.8) is 0 Å². The number of nitrogens with zero attached hydrogens (tertiary/aromatic N) is 2. The van der Waals surface area contributed by atoms with E-state index >= 15 is 0 Å². The van der Waals surface area contributed by atoms with E-state index in [4.69, 9.17) is 19.9 Å². The number of carbonyl (C=O) groups is 1. The number of cyclic esters (lactones) is 1. The van der Waals surface area contributed by atoms with Crippen molar-refractivity contribution in [2.24, 2.45) is 0 Å². The van der Waals surface area contributed by atoms with E-state index in [-0.39, 0.29) is 25.1 Å². The molecule has 2 aliphatic heterocycles. The normalized spacial score (nSPS) is 18.5. The summed E-state index contributed by atoms with van der Waals surface area (Å²) >= 11 is 0. The minimum Gasteiger partial charge on any atom is -0.492 e. The van der Waals surface area contributed by atoms with Gasteiger partial charge < -0.3 is 24.6 Å². The van der Waals surface area contributed by atoms with Gasteiger partial charge in [-0.25, -0.2) is 9.78 Å². The standard InChI is InChI=1S/C25H25N3O5/c1-3-5-8-32-22-15-9-14(11-26)6-7-19(15)27-21-16(22)12-28-20(21)10-18-17(23(28)29)13-33-24(30)25(18,31)4-2/h6-7,9-11,26,31H,3-5,8,12-13H2,1-2H3. The second-order valence-electron chi connectivity index (χ2n) is 8.49. The molecule has 4 heterocycles. The van der Waals surface area contributed by atoms with Crippen LogP contribution in [0.1, 0.15) is 55.4 Å². The average molecular weight is 447 g/mol. The lowest BCUT2D eigenvalue weighted by Gasteiger charge is -2.31. The topological polar surface area (TPSA) is 115 Å². The number of aromatic nitrogens is 2. The van der Waals surface area contributed by atoms with Crippen molar-refractivity contribution in [1.29, 1.82) is 5.41 Å². The predicted molar refractivity (Wildman–Crippen MR) is 123 cm³/mol. The van der Waals surface area contributed by atoms with Gasteiger partial charge in [-0.2, -0.15) is 0 Å². The third kappa shape index (κ3) is 3.08. The van der Waals surface area contributed by atoms with Crippen molar-refractivity contribution in [2.75, 3.05) is 6.61 Å². The lowest BCUT2D eigenvalue weighted by Crippen LogP contribution is -2.44. The third-order valence-corrected chi connectivity index (χ3v) is 6.57. The lowest BCUT2D eigenvalue weighted by molar-refractivity contribution is -0.172. The molecule has 33 heavy (non-hydrogen) atoms. The van der Waals surface area contributed by atoms with Crippen LogP contribution in [0.5, 0.6) is 5.75 Å². The summed E-state index contributed by atoms with van der Waals surface area (Å²) in [5, 5.41) is 19.5. The van der Waals surface area contributed by atoms with Gasteiger partial charge in [0.2, 0.25) is 0 Å². The molecule has 0 bridgehead atoms. The number of fused-ring (bicyclic) bond motifs is 5. The summed E-state index contributed by atoms with van der Waals surface area (Å²) in [6.07, 6.45) is 3.23. The number of pyridine rings is 2. The molecule has 0 fully saturated rings. The average Bonchev–Trinajstić information content (AvgIpc) is 3.20. The summed E-state index contributed by atoms with van der Waals surface area (Å²) in [5.41, 5.74) is 1.78. The Balaban J connectivity index is 1.77. The molecule has 0 radical (unpaired) electrons. The molecule has 0 spiro atoms. The smallest absolute Gasteiger partial charge is 0.343 e. The first-order chi connectivity index (χ1) is 15.9. The maximum absolute atomic E-state index is 13.4. The van der Waals surface area contributed by atoms with Gasteiger partial charge in [0.1, 0.15) is 12.4 Å². The van der Waals surface area contributed by atoms with Crippen LogP contribution in [0.2, 0.25) is 0 Å². The molecule has 0 amide bonds. The molecule has 1 unspecified atom stereocenters. The van der Waals surface area contributed by atoms with Crippen LogP contribution in [0.3, 0.4) is 0 Å². The number of nitrogens with one attached hydrogen (secondary N) is 1. The Morgan fingerprint density at radius 1 is 1.27 bits per heavy atom. The molecular formula is C25H25N3O5. The van der Waals surface area contributed by atoms with E-state index < -0.39 is 11.6 Å². The predicted octanol–water partition coefficient (Wildman–Crippen LogP) is 3.26. The van der Waals surface area contributed by atoms with E-state index in [1.165, 1.54) is 6.21 Å². The first-order valence-corrected chi connectivity index (χ1v) is 11.2. The van der Waals surface area contributed by atoms with E-state index in [0.29, 0.717) is 40.4 Å². The van der Waals surface area contributed by atoms with E-state index in [0.717, 1.165) is 29.4 Å². The van der Waals surface area contributed by atoms with Gasteiger partial charge in [-0.05, 0) is 36.6 Å². The molecule has 5 rings (SSSR count). The van der Waals surface area contributed by atoms with Crippen LogP contribution in [-0.4, -0.2) is 33.4 Å². The van der Waals surface area contributed by atoms with Crippen LogP contribution in [0.15, 0.2) is 29.1 Å². The third-order valence-electron chi connectivity index (χ3n) is 6.57. The van der Waals surface area contributed by atoms with Crippen LogP contribution in [0.25, 0.3) is 22.3 Å². The monoisotopic (exact) mass is 447 g/mol. The van der Waals surface area contributed by atoms with Gasteiger partial charge in [0.05, 0.1) is 35.6 Å². The number of ether oxygens (including phenoxy) is 2. The number of esters is 1. The van der Waals surface area contributed by atoms with Gasteiger partial charge in [-0.1, -0.05) is 26.3 Å². The molecule has 0 saturated carbocycles. The van der Waals surface area contributed by atoms with Crippen molar-refractivity contribution in [3.8, 4) is 17.1 Å². The SMILES string of the molecule is CCCCOc1c2c(nc3ccc(C=N)cc13)-c1cc3c(c(=O)n1C2)COC(=O)C3(O)CC. The highest BCUT2D eigenvalue weighted by Crippen LogP contribution is 2.43. The summed E-state index contributed by atoms with van der Waals surface area (Å²) < 4.78 is 13.0. The Kier molecular flexibility index (Phi) is 5.05. The molecule has 1 aromatic carbocycles. The highest BCUT2D eigenvalue weighted by molar-refractivity contribution is 5.95. The number of aliphatic hydroxyl groups is 1. The lowest BCUT2D eigenvalue weighted by atomic mass is 9.86. The van der Waals surface area contributed by atoms with E-state index in [1.54, 1.807) is 17.6 Å². The van der Waals surface area contributed by atoms with Crippen LogP contribution in [0.4, 0.5) is 0 Å². The molecule has 8 nitrogen and oxygen atoms in total. The molecule has 2 aliphatic rings. The molecule has 3 aromatic rings. The van der Waals surface area contributed by atoms with Crippen LogP contribution in [0, 0.1) is 5.41 Å². The summed E-state index contributed by atoms with van der Waals surface area (Å²) in [6.45, 7) is 4.40. The van der Waals surface area contributed by atoms with E-state index in [1.807, 2.05) is 18.2 Å². The molecule has 170 valence electrons. The Morgan fingerprint density at radius 2 is 2.09 bits per heavy atom. The van der Waals surface area contributed by atoms with E-state index in [2.05, 4.69) is 6.92 Å². The second-order valence-corrected chi connectivity index (χ2v) is 8.49. The first kappa shape index (κ1) is 21.3. The van der Waals surface area contributed by atoms with Crippen LogP contribution < -0.4 is 10.3 Å². The fraction of sp³-hybridized carbons (Fsp3) is 0.360. The number of hydrogen-bond donors (Lipinski definition) is 2. The molecule has 2 N–H and O–H groups in total. The zero-order valence-electron chi connectivity index (χ0n) is 18.6. The quantitative estimate of drug-likeness (QED) is 0.266. The first-order valence-electron chi connectivity index (χ1n) is 11.2. The van der Waals surface area contributed by atoms with Crippen molar-refractivity contribution < 1.29 is 19.4 Å². The van der Waals surface area contributed by atoms with Gasteiger partial charge in [-0.15, -0.1) is 0 Å². The highest BCUT2D eigenvalue weighted by atomic mass is 16.6. The molecule has 2 aromatic heterocycles. The molecule has 0 aliphatic carbocycles. The van der Waals surface area contributed by atoms with Gasteiger partial charge in [0.25, 0.3) is 5.56 Å². The van der Waals surface area contributed by atoms with Gasteiger partial charge in [0, 0.05) is 22.7 Å². The number of carbonyl (C=O) groups excluding carboxylic acids is 1. The Labute approximate surface area is 190 Å². The van der Waals surface area contributed by atoms with Crippen molar-refractivity contribution in [2.45, 2.75) is 51.9 Å². The van der Waals surface area contributed by atoms with Gasteiger partial charge in [0.15, 0.2) is 5.60 Å². The molecule has 1 atom stereocenters. The number of unbranched alkanes of at least 4 members (excludes halogenated alkanes) is 1. The summed E-state index contributed by atoms with van der Waals surface area (Å²) in [5.74, 6) is -0.0828. The van der Waals surface area contributed by atoms with Crippen molar-refractivity contribution in [3.05, 3.63) is 56.9 Å². The minimum atomic E-state index is -1.86. The number of benzene rings is 1. The maximum atomic E-state index is 13.4. The van der Waals surface area contributed by atoms with Crippen molar-refractivity contribution >= 4 is 23.1 Å². The Morgan fingerprint density at radius 3 is 2.82 bits per heavy atom. The largest absolute Gasteiger partial charge is 0.492 e. The zero-order valence-corrected chi connectivity index (χ0v) is 18.6. The molecule has 8 heteroatoms. The molecule has 0 saturated heterocycles. The fourth-order valence-corrected chi connectivity index (χ4v) is 4.63. The van der Waals surface area contributed by atoms with Crippen LogP contribution in [-0.2, 0) is 28.3 Å². The minimum absolute atomic E-state index is 0.0948. The van der Waals surface area contributed by atoms with Gasteiger partial charge in [-0.3, -0.25) is 4.79 Å². The number of rotatable bonds is 6. The van der Waals surface area contributed by atoms with E-state index in [9.17, 15) is 14.7 Å². The second kappa shape index (κ2) is 7.81. The summed E-state index contributed by atoms with van der Waals surface area (Å²) in [7, 11) is 0.